The van der Waals surface area contributed by atoms with Crippen LogP contribution in [0.1, 0.15) is 43.0 Å². The van der Waals surface area contributed by atoms with Crippen LogP contribution in [0.4, 0.5) is 0 Å². The third kappa shape index (κ3) is 4.21. The molecule has 1 saturated heterocycles. The number of amides is 1. The van der Waals surface area contributed by atoms with Gasteiger partial charge in [0.05, 0.1) is 11.6 Å². The van der Waals surface area contributed by atoms with E-state index >= 15 is 0 Å². The second kappa shape index (κ2) is 8.19. The predicted molar refractivity (Wildman–Crippen MR) is 93.9 cm³/mol. The number of halogens is 1. The minimum atomic E-state index is -0.0802. The van der Waals surface area contributed by atoms with E-state index in [9.17, 15) is 4.79 Å². The summed E-state index contributed by atoms with van der Waals surface area (Å²) in [5.74, 6) is 0.529. The highest BCUT2D eigenvalue weighted by Crippen LogP contribution is 2.26. The molecule has 2 aliphatic rings. The molecule has 1 aromatic carbocycles. The van der Waals surface area contributed by atoms with Gasteiger partial charge >= 0.3 is 0 Å². The largest absolute Gasteiger partial charge is 0.492 e. The van der Waals surface area contributed by atoms with E-state index in [1.807, 2.05) is 6.92 Å². The van der Waals surface area contributed by atoms with Crippen LogP contribution in [-0.4, -0.2) is 43.9 Å². The molecule has 2 fully saturated rings. The van der Waals surface area contributed by atoms with Crippen LogP contribution in [0.25, 0.3) is 0 Å². The number of rotatable bonds is 6. The van der Waals surface area contributed by atoms with Crippen molar-refractivity contribution >= 4 is 17.5 Å². The molecule has 24 heavy (non-hydrogen) atoms. The number of carbonyl (C=O) groups is 1. The summed E-state index contributed by atoms with van der Waals surface area (Å²) in [4.78, 5) is 12.4. The molecule has 2 N–H and O–H groups in total. The second-order valence-electron chi connectivity index (χ2n) is 6.40. The van der Waals surface area contributed by atoms with E-state index in [-0.39, 0.29) is 11.9 Å². The van der Waals surface area contributed by atoms with Crippen molar-refractivity contribution in [3.63, 3.8) is 0 Å². The highest BCUT2D eigenvalue weighted by Gasteiger charge is 2.34. The van der Waals surface area contributed by atoms with Crippen LogP contribution in [0.2, 0.25) is 5.02 Å². The molecule has 1 aliphatic carbocycles. The first kappa shape index (κ1) is 17.5. The quantitative estimate of drug-likeness (QED) is 0.826. The lowest BCUT2D eigenvalue weighted by Crippen LogP contribution is -2.59. The highest BCUT2D eigenvalue weighted by atomic mass is 35.5. The molecule has 3 rings (SSSR count). The van der Waals surface area contributed by atoms with Gasteiger partial charge in [-0.2, -0.15) is 0 Å². The molecule has 2 atom stereocenters. The van der Waals surface area contributed by atoms with Gasteiger partial charge in [0.1, 0.15) is 5.75 Å². The van der Waals surface area contributed by atoms with Gasteiger partial charge in [0.25, 0.3) is 5.91 Å². The van der Waals surface area contributed by atoms with Crippen LogP contribution in [0.3, 0.4) is 0 Å². The molecule has 0 aromatic heterocycles. The topological polar surface area (TPSA) is 59.6 Å². The Labute approximate surface area is 148 Å². The highest BCUT2D eigenvalue weighted by molar-refractivity contribution is 6.32. The lowest BCUT2D eigenvalue weighted by molar-refractivity contribution is 0.0652. The van der Waals surface area contributed by atoms with Crippen LogP contribution in [-0.2, 0) is 4.74 Å². The molecular formula is C18H25ClN2O3. The fraction of sp³-hybridized carbons (Fsp3) is 0.611. The molecule has 0 spiro atoms. The van der Waals surface area contributed by atoms with Crippen molar-refractivity contribution in [3.05, 3.63) is 28.8 Å². The molecule has 1 saturated carbocycles. The number of nitrogens with one attached hydrogen (secondary N) is 2. The molecule has 1 aliphatic heterocycles. The zero-order chi connectivity index (χ0) is 16.9. The first-order valence-electron chi connectivity index (χ1n) is 8.74. The standard InChI is InChI=1S/C18H25ClN2O3/c1-2-24-17-6-3-12(11-14(17)19)18(22)21-16-5-4-15(16)20-13-7-9-23-10-8-13/h3,6,11,13,15-16,20H,2,4-5,7-10H2,1H3,(H,21,22). The number of carbonyl (C=O) groups excluding carboxylic acids is 1. The van der Waals surface area contributed by atoms with E-state index < -0.39 is 0 Å². The van der Waals surface area contributed by atoms with Gasteiger partial charge in [-0.15, -0.1) is 0 Å². The Morgan fingerprint density at radius 1 is 1.25 bits per heavy atom. The zero-order valence-electron chi connectivity index (χ0n) is 14.0. The molecule has 0 radical (unpaired) electrons. The minimum absolute atomic E-state index is 0.0802. The van der Waals surface area contributed by atoms with Gasteiger partial charge in [0.2, 0.25) is 0 Å². The minimum Gasteiger partial charge on any atom is -0.492 e. The van der Waals surface area contributed by atoms with Gasteiger partial charge in [-0.25, -0.2) is 0 Å². The lowest BCUT2D eigenvalue weighted by atomic mass is 9.85. The van der Waals surface area contributed by atoms with Crippen molar-refractivity contribution in [3.8, 4) is 5.75 Å². The molecule has 5 nitrogen and oxygen atoms in total. The number of benzene rings is 1. The van der Waals surface area contributed by atoms with E-state index in [1.54, 1.807) is 18.2 Å². The van der Waals surface area contributed by atoms with Gasteiger partial charge in [0.15, 0.2) is 0 Å². The average molecular weight is 353 g/mol. The third-order valence-electron chi connectivity index (χ3n) is 4.76. The normalized spacial score (nSPS) is 24.2. The molecule has 1 amide bonds. The third-order valence-corrected chi connectivity index (χ3v) is 5.05. The van der Waals surface area contributed by atoms with Crippen LogP contribution >= 0.6 is 11.6 Å². The Kier molecular flexibility index (Phi) is 5.98. The Morgan fingerprint density at radius 3 is 2.62 bits per heavy atom. The molecule has 6 heteroatoms. The van der Waals surface area contributed by atoms with Crippen molar-refractivity contribution in [2.24, 2.45) is 0 Å². The Bertz CT molecular complexity index is 575. The zero-order valence-corrected chi connectivity index (χ0v) is 14.8. The SMILES string of the molecule is CCOc1ccc(C(=O)NC2CCC2NC2CCOCC2)cc1Cl. The monoisotopic (exact) mass is 352 g/mol. The summed E-state index contributed by atoms with van der Waals surface area (Å²) in [5, 5.41) is 7.25. The van der Waals surface area contributed by atoms with Crippen molar-refractivity contribution in [1.82, 2.24) is 10.6 Å². The molecule has 2 unspecified atom stereocenters. The van der Waals surface area contributed by atoms with Crippen LogP contribution in [0, 0.1) is 0 Å². The molecule has 1 heterocycles. The van der Waals surface area contributed by atoms with Gasteiger partial charge in [-0.3, -0.25) is 4.79 Å². The second-order valence-corrected chi connectivity index (χ2v) is 6.80. The van der Waals surface area contributed by atoms with Crippen molar-refractivity contribution in [1.29, 1.82) is 0 Å². The summed E-state index contributed by atoms with van der Waals surface area (Å²) in [6.07, 6.45) is 4.21. The Balaban J connectivity index is 1.53. The van der Waals surface area contributed by atoms with Gasteiger partial charge < -0.3 is 20.1 Å². The maximum Gasteiger partial charge on any atom is 0.251 e. The van der Waals surface area contributed by atoms with E-state index in [1.165, 1.54) is 0 Å². The maximum atomic E-state index is 12.4. The predicted octanol–water partition coefficient (Wildman–Crippen LogP) is 2.77. The Morgan fingerprint density at radius 2 is 2.00 bits per heavy atom. The molecular weight excluding hydrogens is 328 g/mol. The summed E-state index contributed by atoms with van der Waals surface area (Å²) >= 11 is 6.16. The fourth-order valence-corrected chi connectivity index (χ4v) is 3.44. The first-order valence-corrected chi connectivity index (χ1v) is 9.12. The molecule has 132 valence electrons. The average Bonchev–Trinajstić information content (AvgIpc) is 2.59. The Hall–Kier alpha value is -1.30. The van der Waals surface area contributed by atoms with Gasteiger partial charge in [-0.05, 0) is 50.8 Å². The fourth-order valence-electron chi connectivity index (χ4n) is 3.21. The van der Waals surface area contributed by atoms with Crippen molar-refractivity contribution < 1.29 is 14.3 Å². The molecule has 1 aromatic rings. The number of hydrogen-bond donors (Lipinski definition) is 2. The summed E-state index contributed by atoms with van der Waals surface area (Å²) in [6, 6.07) is 6.22. The number of hydrogen-bond acceptors (Lipinski definition) is 4. The van der Waals surface area contributed by atoms with E-state index in [2.05, 4.69) is 10.6 Å². The maximum absolute atomic E-state index is 12.4. The van der Waals surface area contributed by atoms with Crippen LogP contribution in [0.5, 0.6) is 5.75 Å². The van der Waals surface area contributed by atoms with E-state index in [4.69, 9.17) is 21.1 Å². The van der Waals surface area contributed by atoms with Crippen LogP contribution in [0.15, 0.2) is 18.2 Å². The summed E-state index contributed by atoms with van der Waals surface area (Å²) in [7, 11) is 0. The summed E-state index contributed by atoms with van der Waals surface area (Å²) in [6.45, 7) is 4.10. The number of ether oxygens (including phenoxy) is 2. The summed E-state index contributed by atoms with van der Waals surface area (Å²) in [5.41, 5.74) is 0.570. The van der Waals surface area contributed by atoms with Gasteiger partial charge in [-0.1, -0.05) is 11.6 Å². The smallest absolute Gasteiger partial charge is 0.251 e. The first-order chi connectivity index (χ1) is 11.7. The summed E-state index contributed by atoms with van der Waals surface area (Å²) < 4.78 is 10.8. The lowest BCUT2D eigenvalue weighted by Gasteiger charge is -2.41. The van der Waals surface area contributed by atoms with Crippen molar-refractivity contribution in [2.75, 3.05) is 19.8 Å². The van der Waals surface area contributed by atoms with E-state index in [0.717, 1.165) is 38.9 Å². The van der Waals surface area contributed by atoms with Crippen LogP contribution < -0.4 is 15.4 Å². The van der Waals surface area contributed by atoms with E-state index in [0.29, 0.717) is 35.0 Å². The van der Waals surface area contributed by atoms with Crippen molar-refractivity contribution in [2.45, 2.75) is 50.7 Å². The van der Waals surface area contributed by atoms with Gasteiger partial charge in [0, 0.05) is 36.9 Å². The molecule has 0 bridgehead atoms.